The van der Waals surface area contributed by atoms with Gasteiger partial charge in [0.1, 0.15) is 0 Å². The first kappa shape index (κ1) is 15.4. The number of likely N-dealkylation sites (N-methyl/N-ethyl adjacent to an activating group) is 1. The molecule has 2 aromatic rings. The van der Waals surface area contributed by atoms with Gasteiger partial charge in [0.15, 0.2) is 0 Å². The van der Waals surface area contributed by atoms with Gasteiger partial charge in [-0.3, -0.25) is 15.1 Å². The van der Waals surface area contributed by atoms with Crippen molar-refractivity contribution in [3.05, 3.63) is 46.3 Å². The van der Waals surface area contributed by atoms with Gasteiger partial charge in [-0.1, -0.05) is 26.8 Å². The van der Waals surface area contributed by atoms with E-state index in [1.165, 1.54) is 0 Å². The lowest BCUT2D eigenvalue weighted by molar-refractivity contribution is -0.383. The number of nitro groups is 1. The SMILES string of the molecule is CNC(Cc1ccc([N+](=O)[O-])c2cnccc12)C(C)(C)C. The molecular weight excluding hydrogens is 266 g/mol. The second-order valence-corrected chi connectivity index (χ2v) is 6.33. The first-order valence-electron chi connectivity index (χ1n) is 7.02. The Morgan fingerprint density at radius 1 is 1.29 bits per heavy atom. The summed E-state index contributed by atoms with van der Waals surface area (Å²) in [7, 11) is 1.95. The summed E-state index contributed by atoms with van der Waals surface area (Å²) in [6, 6.07) is 5.58. The van der Waals surface area contributed by atoms with E-state index in [1.54, 1.807) is 18.5 Å². The number of nitro benzene ring substituents is 1. The summed E-state index contributed by atoms with van der Waals surface area (Å²) in [6.07, 6.45) is 4.07. The third kappa shape index (κ3) is 3.19. The van der Waals surface area contributed by atoms with Gasteiger partial charge in [0, 0.05) is 24.5 Å². The summed E-state index contributed by atoms with van der Waals surface area (Å²) in [5.41, 5.74) is 1.32. The Hall–Kier alpha value is -2.01. The maximum absolute atomic E-state index is 11.1. The minimum absolute atomic E-state index is 0.107. The Balaban J connectivity index is 2.51. The standard InChI is InChI=1S/C16H21N3O2/c1-16(2,3)15(17-4)9-11-5-6-14(19(20)21)13-10-18-8-7-12(11)13/h5-8,10,15,17H,9H2,1-4H3. The zero-order valence-electron chi connectivity index (χ0n) is 12.9. The third-order valence-corrected chi connectivity index (χ3v) is 3.90. The average molecular weight is 287 g/mol. The van der Waals surface area contributed by atoms with E-state index in [4.69, 9.17) is 0 Å². The lowest BCUT2D eigenvalue weighted by atomic mass is 9.82. The minimum atomic E-state index is -0.354. The number of hydrogen-bond donors (Lipinski definition) is 1. The number of benzene rings is 1. The number of hydrogen-bond acceptors (Lipinski definition) is 4. The maximum atomic E-state index is 11.1. The molecule has 1 aromatic carbocycles. The van der Waals surface area contributed by atoms with Crippen LogP contribution in [-0.2, 0) is 6.42 Å². The Morgan fingerprint density at radius 2 is 2.00 bits per heavy atom. The minimum Gasteiger partial charge on any atom is -0.316 e. The Kier molecular flexibility index (Phi) is 4.23. The summed E-state index contributed by atoms with van der Waals surface area (Å²) in [6.45, 7) is 6.55. The van der Waals surface area contributed by atoms with Gasteiger partial charge < -0.3 is 5.32 Å². The van der Waals surface area contributed by atoms with Crippen LogP contribution in [0.1, 0.15) is 26.3 Å². The van der Waals surface area contributed by atoms with Crippen LogP contribution >= 0.6 is 0 Å². The summed E-state index contributed by atoms with van der Waals surface area (Å²) in [4.78, 5) is 14.8. The monoisotopic (exact) mass is 287 g/mol. The van der Waals surface area contributed by atoms with Crippen LogP contribution in [0.4, 0.5) is 5.69 Å². The molecular formula is C16H21N3O2. The molecule has 0 spiro atoms. The predicted molar refractivity (Wildman–Crippen MR) is 84.4 cm³/mol. The van der Waals surface area contributed by atoms with Gasteiger partial charge >= 0.3 is 0 Å². The topological polar surface area (TPSA) is 68.1 Å². The van der Waals surface area contributed by atoms with Gasteiger partial charge in [-0.25, -0.2) is 0 Å². The first-order valence-corrected chi connectivity index (χ1v) is 7.02. The summed E-state index contributed by atoms with van der Waals surface area (Å²) in [5.74, 6) is 0. The molecule has 1 heterocycles. The van der Waals surface area contributed by atoms with E-state index in [0.717, 1.165) is 17.4 Å². The van der Waals surface area contributed by atoms with E-state index < -0.39 is 0 Å². The lowest BCUT2D eigenvalue weighted by Crippen LogP contribution is -2.39. The Morgan fingerprint density at radius 3 is 2.57 bits per heavy atom. The van der Waals surface area contributed by atoms with Crippen LogP contribution < -0.4 is 5.32 Å². The molecule has 1 atom stereocenters. The number of non-ortho nitro benzene ring substituents is 1. The molecule has 112 valence electrons. The predicted octanol–water partition coefficient (Wildman–Crippen LogP) is 3.32. The molecule has 0 saturated heterocycles. The van der Waals surface area contributed by atoms with Gasteiger partial charge in [-0.15, -0.1) is 0 Å². The van der Waals surface area contributed by atoms with Crippen LogP contribution in [0.15, 0.2) is 30.6 Å². The molecule has 0 saturated carbocycles. The molecule has 5 nitrogen and oxygen atoms in total. The second-order valence-electron chi connectivity index (χ2n) is 6.33. The van der Waals surface area contributed by atoms with Crippen molar-refractivity contribution in [2.45, 2.75) is 33.2 Å². The van der Waals surface area contributed by atoms with Crippen molar-refractivity contribution in [1.29, 1.82) is 0 Å². The molecule has 2 rings (SSSR count). The molecule has 1 N–H and O–H groups in total. The van der Waals surface area contributed by atoms with E-state index in [1.807, 2.05) is 19.2 Å². The highest BCUT2D eigenvalue weighted by Crippen LogP contribution is 2.30. The normalized spacial score (nSPS) is 13.3. The smallest absolute Gasteiger partial charge is 0.278 e. The van der Waals surface area contributed by atoms with E-state index in [0.29, 0.717) is 5.39 Å². The van der Waals surface area contributed by atoms with Gasteiger partial charge in [0.2, 0.25) is 0 Å². The molecule has 21 heavy (non-hydrogen) atoms. The number of pyridine rings is 1. The fraction of sp³-hybridized carbons (Fsp3) is 0.438. The molecule has 0 amide bonds. The van der Waals surface area contributed by atoms with Crippen molar-refractivity contribution in [3.8, 4) is 0 Å². The summed E-state index contributed by atoms with van der Waals surface area (Å²) >= 11 is 0. The molecule has 0 aliphatic heterocycles. The molecule has 0 fully saturated rings. The average Bonchev–Trinajstić information content (AvgIpc) is 2.42. The van der Waals surface area contributed by atoms with Crippen LogP contribution in [0.5, 0.6) is 0 Å². The number of aromatic nitrogens is 1. The molecule has 0 aliphatic carbocycles. The third-order valence-electron chi connectivity index (χ3n) is 3.90. The molecule has 0 aliphatic rings. The summed E-state index contributed by atoms with van der Waals surface area (Å²) in [5, 5.41) is 16.0. The van der Waals surface area contributed by atoms with Gasteiger partial charge in [0.25, 0.3) is 5.69 Å². The van der Waals surface area contributed by atoms with Crippen molar-refractivity contribution in [3.63, 3.8) is 0 Å². The zero-order valence-corrected chi connectivity index (χ0v) is 12.9. The summed E-state index contributed by atoms with van der Waals surface area (Å²) < 4.78 is 0. The lowest BCUT2D eigenvalue weighted by Gasteiger charge is -2.30. The van der Waals surface area contributed by atoms with Crippen LogP contribution in [-0.4, -0.2) is 23.0 Å². The van der Waals surface area contributed by atoms with Gasteiger partial charge in [-0.2, -0.15) is 0 Å². The maximum Gasteiger partial charge on any atom is 0.278 e. The van der Waals surface area contributed by atoms with Crippen molar-refractivity contribution >= 4 is 16.5 Å². The fourth-order valence-electron chi connectivity index (χ4n) is 2.64. The number of fused-ring (bicyclic) bond motifs is 1. The first-order chi connectivity index (χ1) is 9.84. The Labute approximate surface area is 124 Å². The van der Waals surface area contributed by atoms with E-state index in [-0.39, 0.29) is 22.1 Å². The number of nitrogens with one attached hydrogen (secondary N) is 1. The van der Waals surface area contributed by atoms with Crippen LogP contribution in [0.25, 0.3) is 10.8 Å². The second kappa shape index (κ2) is 5.77. The van der Waals surface area contributed by atoms with Gasteiger partial charge in [0.05, 0.1) is 10.3 Å². The van der Waals surface area contributed by atoms with Crippen LogP contribution in [0, 0.1) is 15.5 Å². The van der Waals surface area contributed by atoms with Crippen LogP contribution in [0.2, 0.25) is 0 Å². The van der Waals surface area contributed by atoms with E-state index >= 15 is 0 Å². The zero-order chi connectivity index (χ0) is 15.6. The quantitative estimate of drug-likeness (QED) is 0.692. The molecule has 1 unspecified atom stereocenters. The Bertz CT molecular complexity index is 662. The molecule has 0 bridgehead atoms. The molecule has 0 radical (unpaired) electrons. The highest BCUT2D eigenvalue weighted by Gasteiger charge is 2.24. The van der Waals surface area contributed by atoms with E-state index in [9.17, 15) is 10.1 Å². The largest absolute Gasteiger partial charge is 0.316 e. The van der Waals surface area contributed by atoms with Crippen molar-refractivity contribution < 1.29 is 4.92 Å². The van der Waals surface area contributed by atoms with Gasteiger partial charge in [-0.05, 0) is 35.9 Å². The number of rotatable bonds is 4. The van der Waals surface area contributed by atoms with Crippen LogP contribution in [0.3, 0.4) is 0 Å². The number of nitrogens with zero attached hydrogens (tertiary/aromatic N) is 2. The van der Waals surface area contributed by atoms with Crippen molar-refractivity contribution in [2.24, 2.45) is 5.41 Å². The molecule has 5 heteroatoms. The highest BCUT2D eigenvalue weighted by molar-refractivity contribution is 5.92. The molecule has 1 aromatic heterocycles. The fourth-order valence-corrected chi connectivity index (χ4v) is 2.64. The highest BCUT2D eigenvalue weighted by atomic mass is 16.6. The van der Waals surface area contributed by atoms with Crippen molar-refractivity contribution in [1.82, 2.24) is 10.3 Å². The van der Waals surface area contributed by atoms with Crippen molar-refractivity contribution in [2.75, 3.05) is 7.05 Å². The van der Waals surface area contributed by atoms with E-state index in [2.05, 4.69) is 31.1 Å².